The summed E-state index contributed by atoms with van der Waals surface area (Å²) in [5, 5.41) is 1.20. The molecule has 5 heterocycles. The van der Waals surface area contributed by atoms with Crippen LogP contribution < -0.4 is 10.9 Å². The van der Waals surface area contributed by atoms with E-state index in [2.05, 4.69) is 20.8 Å². The lowest BCUT2D eigenvalue weighted by Crippen LogP contribution is -2.58. The van der Waals surface area contributed by atoms with E-state index in [-0.39, 0.29) is 42.9 Å². The van der Waals surface area contributed by atoms with Gasteiger partial charge in [0.2, 0.25) is 5.91 Å². The molecule has 15 heteroatoms. The van der Waals surface area contributed by atoms with Gasteiger partial charge >= 0.3 is 5.91 Å². The summed E-state index contributed by atoms with van der Waals surface area (Å²) < 4.78 is 39.7. The van der Waals surface area contributed by atoms with Gasteiger partial charge in [0.05, 0.1) is 38.0 Å². The summed E-state index contributed by atoms with van der Waals surface area (Å²) in [7, 11) is -3.95. The van der Waals surface area contributed by atoms with E-state index in [9.17, 15) is 18.0 Å². The van der Waals surface area contributed by atoms with E-state index in [1.54, 1.807) is 29.2 Å². The monoisotopic (exact) mass is 577 g/mol. The highest BCUT2D eigenvalue weighted by atomic mass is 35.5. The number of amides is 2. The number of benzene rings is 1. The van der Waals surface area contributed by atoms with E-state index in [0.717, 1.165) is 0 Å². The minimum Gasteiger partial charge on any atom is -0.436 e. The zero-order valence-electron chi connectivity index (χ0n) is 21.0. The van der Waals surface area contributed by atoms with Crippen molar-refractivity contribution < 1.29 is 27.2 Å². The van der Waals surface area contributed by atoms with Crippen LogP contribution in [0, 0.1) is 0 Å². The number of aromatic amines is 1. The number of rotatable bonds is 5. The van der Waals surface area contributed by atoms with Crippen molar-refractivity contribution in [3.63, 3.8) is 0 Å². The van der Waals surface area contributed by atoms with Crippen molar-refractivity contribution in [1.29, 1.82) is 0 Å². The number of carbonyl (C=O) groups is 2. The van der Waals surface area contributed by atoms with Gasteiger partial charge in [-0.1, -0.05) is 11.6 Å². The molecule has 13 nitrogen and oxygen atoms in total. The van der Waals surface area contributed by atoms with Gasteiger partial charge in [-0.2, -0.15) is 4.31 Å². The molecule has 1 atom stereocenters. The summed E-state index contributed by atoms with van der Waals surface area (Å²) >= 11 is 6.08. The van der Waals surface area contributed by atoms with Crippen molar-refractivity contribution in [2.45, 2.75) is 30.6 Å². The first-order valence-corrected chi connectivity index (χ1v) is 14.5. The first-order chi connectivity index (χ1) is 18.8. The number of H-pyrrole nitrogens is 1. The number of fused-ring (bicyclic) bond motifs is 2. The smallest absolute Gasteiger partial charge is 0.310 e. The van der Waals surface area contributed by atoms with E-state index < -0.39 is 22.0 Å². The number of piperazine rings is 1. The van der Waals surface area contributed by atoms with Gasteiger partial charge in [0.1, 0.15) is 10.8 Å². The zero-order chi connectivity index (χ0) is 27.1. The third kappa shape index (κ3) is 5.15. The summed E-state index contributed by atoms with van der Waals surface area (Å²) in [5.41, 5.74) is 7.17. The first kappa shape index (κ1) is 26.2. The van der Waals surface area contributed by atoms with Gasteiger partial charge in [0.15, 0.2) is 0 Å². The summed E-state index contributed by atoms with van der Waals surface area (Å²) in [6, 6.07) is 5.92. The van der Waals surface area contributed by atoms with Gasteiger partial charge in [-0.05, 0) is 24.3 Å². The number of sulfonamides is 1. The number of ether oxygens (including phenoxy) is 1. The molecule has 2 fully saturated rings. The normalized spacial score (nSPS) is 20.8. The number of nitrogens with zero attached hydrogens (tertiary/aromatic N) is 4. The molecule has 2 amide bonds. The minimum absolute atomic E-state index is 0.0261. The van der Waals surface area contributed by atoms with E-state index >= 15 is 0 Å². The van der Waals surface area contributed by atoms with Crippen LogP contribution in [0.15, 0.2) is 33.7 Å². The summed E-state index contributed by atoms with van der Waals surface area (Å²) in [5.74, 6) is -0.140. The van der Waals surface area contributed by atoms with Crippen LogP contribution in [0.3, 0.4) is 0 Å². The quantitative estimate of drug-likeness (QED) is 0.397. The van der Waals surface area contributed by atoms with E-state index in [1.165, 1.54) is 9.21 Å². The van der Waals surface area contributed by atoms with Crippen LogP contribution >= 0.6 is 11.6 Å². The molecule has 1 aromatic carbocycles. The Bertz CT molecular complexity index is 1490. The number of carbonyl (C=O) groups excluding carboxylic acids is 2. The second kappa shape index (κ2) is 10.5. The fourth-order valence-corrected chi connectivity index (χ4v) is 6.81. The molecule has 3 N–H and O–H groups in total. The molecule has 0 saturated carbocycles. The number of hydrazine groups is 1. The molecule has 2 aromatic heterocycles. The van der Waals surface area contributed by atoms with E-state index in [1.807, 2.05) is 0 Å². The van der Waals surface area contributed by atoms with Crippen LogP contribution in [0.1, 0.15) is 28.6 Å². The number of nitrogens with one attached hydrogen (secondary N) is 3. The zero-order valence-corrected chi connectivity index (χ0v) is 22.6. The Morgan fingerprint density at radius 3 is 2.67 bits per heavy atom. The van der Waals surface area contributed by atoms with Gasteiger partial charge in [-0.3, -0.25) is 15.0 Å². The lowest BCUT2D eigenvalue weighted by Gasteiger charge is -2.40. The molecule has 39 heavy (non-hydrogen) atoms. The van der Waals surface area contributed by atoms with Crippen molar-refractivity contribution in [3.05, 3.63) is 46.6 Å². The minimum atomic E-state index is -3.95. The molecule has 0 radical (unpaired) electrons. The van der Waals surface area contributed by atoms with Crippen LogP contribution in [0.2, 0.25) is 5.02 Å². The van der Waals surface area contributed by atoms with Crippen molar-refractivity contribution >= 4 is 44.3 Å². The second-order valence-electron chi connectivity index (χ2n) is 9.67. The topological polar surface area (TPSA) is 153 Å². The number of hydrogen-bond acceptors (Lipinski definition) is 9. The van der Waals surface area contributed by atoms with Crippen LogP contribution in [0.25, 0.3) is 10.9 Å². The Morgan fingerprint density at radius 2 is 1.87 bits per heavy atom. The van der Waals surface area contributed by atoms with Crippen molar-refractivity contribution in [2.24, 2.45) is 0 Å². The Balaban J connectivity index is 1.27. The van der Waals surface area contributed by atoms with E-state index in [4.69, 9.17) is 20.8 Å². The SMILES string of the molecule is O=C(CC1CN(S(=O)(=O)c2cc3cc(Cl)ccc3[nH]2)CCN1C(=O)c1nc2c(o1)CNNC2)N1CCOCC1. The summed E-state index contributed by atoms with van der Waals surface area (Å²) in [4.78, 5) is 37.3. The fraction of sp³-hybridized carbons (Fsp3) is 0.458. The number of hydrogen-bond donors (Lipinski definition) is 3. The standard InChI is InChI=1S/C24H28ClN7O6S/c25-16-1-2-18-15(9-16)10-21(28-18)39(35,36)31-3-4-32(17(14-31)11-22(33)30-5-7-37-8-6-30)24(34)23-29-19-12-26-27-13-20(19)38-23/h1-2,9-10,17,26-28H,3-8,11-14H2. The van der Waals surface area contributed by atoms with Crippen LogP contribution in [0.4, 0.5) is 0 Å². The predicted octanol–water partition coefficient (Wildman–Crippen LogP) is 0.681. The lowest BCUT2D eigenvalue weighted by atomic mass is 10.1. The Hall–Kier alpha value is -3.01. The lowest BCUT2D eigenvalue weighted by molar-refractivity contribution is -0.136. The third-order valence-electron chi connectivity index (χ3n) is 7.25. The first-order valence-electron chi connectivity index (χ1n) is 12.7. The molecular formula is C24H28ClN7O6S. The Labute approximate surface area is 229 Å². The van der Waals surface area contributed by atoms with Gasteiger partial charge in [-0.15, -0.1) is 0 Å². The molecule has 0 bridgehead atoms. The molecule has 0 aliphatic carbocycles. The maximum absolute atomic E-state index is 13.7. The molecule has 2 saturated heterocycles. The molecule has 3 aliphatic heterocycles. The molecular weight excluding hydrogens is 550 g/mol. The predicted molar refractivity (Wildman–Crippen MR) is 139 cm³/mol. The average Bonchev–Trinajstić information content (AvgIpc) is 3.58. The van der Waals surface area contributed by atoms with Gasteiger partial charge in [-0.25, -0.2) is 18.8 Å². The molecule has 3 aliphatic rings. The van der Waals surface area contributed by atoms with Crippen LogP contribution in [0.5, 0.6) is 0 Å². The van der Waals surface area contributed by atoms with Crippen LogP contribution in [-0.2, 0) is 32.6 Å². The number of oxazole rings is 1. The Morgan fingerprint density at radius 1 is 1.08 bits per heavy atom. The highest BCUT2D eigenvalue weighted by molar-refractivity contribution is 7.89. The highest BCUT2D eigenvalue weighted by Gasteiger charge is 2.40. The maximum Gasteiger partial charge on any atom is 0.310 e. The van der Waals surface area contributed by atoms with Gasteiger partial charge in [0.25, 0.3) is 15.9 Å². The third-order valence-corrected chi connectivity index (χ3v) is 9.27. The van der Waals surface area contributed by atoms with E-state index in [0.29, 0.717) is 66.8 Å². The molecule has 208 valence electrons. The second-order valence-corrected chi connectivity index (χ2v) is 12.0. The van der Waals surface area contributed by atoms with Crippen molar-refractivity contribution in [3.8, 4) is 0 Å². The highest BCUT2D eigenvalue weighted by Crippen LogP contribution is 2.27. The summed E-state index contributed by atoms with van der Waals surface area (Å²) in [6.45, 7) is 2.65. The molecule has 0 spiro atoms. The Kier molecular flexibility index (Phi) is 7.07. The molecule has 6 rings (SSSR count). The largest absolute Gasteiger partial charge is 0.436 e. The summed E-state index contributed by atoms with van der Waals surface area (Å²) in [6.07, 6.45) is -0.0381. The molecule has 1 unspecified atom stereocenters. The number of halogens is 1. The van der Waals surface area contributed by atoms with Crippen molar-refractivity contribution in [1.82, 2.24) is 34.9 Å². The average molecular weight is 578 g/mol. The van der Waals surface area contributed by atoms with Crippen molar-refractivity contribution in [2.75, 3.05) is 45.9 Å². The van der Waals surface area contributed by atoms with Gasteiger partial charge in [0, 0.05) is 55.1 Å². The number of morpholine rings is 1. The fourth-order valence-electron chi connectivity index (χ4n) is 5.15. The van der Waals surface area contributed by atoms with Gasteiger partial charge < -0.3 is 23.9 Å². The maximum atomic E-state index is 13.7. The number of aromatic nitrogens is 2. The van der Waals surface area contributed by atoms with Crippen LogP contribution in [-0.4, -0.2) is 96.3 Å². The molecule has 3 aromatic rings.